The molecule has 2 aromatic heterocycles. The molecule has 8 rings (SSSR count). The largest absolute Gasteiger partial charge is 0.488 e. The van der Waals surface area contributed by atoms with Crippen LogP contribution in [-0.4, -0.2) is 120 Å². The molecule has 6 atom stereocenters. The number of hydrogen-bond acceptors (Lipinski definition) is 12. The number of carbonyl (C=O) groups excluding carboxylic acids is 4. The van der Waals surface area contributed by atoms with Crippen molar-refractivity contribution in [1.29, 1.82) is 0 Å². The number of aromatic nitrogens is 4. The molecular formula is C46H60N8O10. The number of benzene rings is 2. The maximum Gasteiger partial charge on any atom is 0.407 e. The molecule has 0 radical (unpaired) electrons. The summed E-state index contributed by atoms with van der Waals surface area (Å²) in [7, 11) is 5.79. The van der Waals surface area contributed by atoms with Crippen LogP contribution in [0, 0.1) is 11.8 Å². The molecule has 4 N–H and O–H groups in total. The van der Waals surface area contributed by atoms with Gasteiger partial charge in [-0.25, -0.2) is 19.6 Å². The number of imidazole rings is 2. The van der Waals surface area contributed by atoms with Crippen LogP contribution in [0.25, 0.3) is 33.6 Å². The van der Waals surface area contributed by atoms with Crippen molar-refractivity contribution in [3.63, 3.8) is 0 Å². The Labute approximate surface area is 373 Å². The minimum absolute atomic E-state index is 0. The third kappa shape index (κ3) is 8.35. The van der Waals surface area contributed by atoms with Gasteiger partial charge in [-0.2, -0.15) is 0 Å². The number of alkyl carbamates (subject to hydrolysis) is 2. The molecule has 2 aromatic carbocycles. The van der Waals surface area contributed by atoms with Crippen molar-refractivity contribution in [2.75, 3.05) is 41.7 Å². The average Bonchev–Trinajstić information content (AvgIpc) is 4.12. The minimum Gasteiger partial charge on any atom is -0.488 e. The fourth-order valence-corrected chi connectivity index (χ4v) is 9.70. The van der Waals surface area contributed by atoms with Crippen molar-refractivity contribution >= 4 is 24.0 Å². The monoisotopic (exact) mass is 884 g/mol. The lowest BCUT2D eigenvalue weighted by molar-refractivity contribution is -0.139. The Hall–Kier alpha value is -6.14. The Balaban J connectivity index is 0.00000630. The van der Waals surface area contributed by atoms with Crippen LogP contribution < -0.4 is 20.1 Å². The van der Waals surface area contributed by atoms with Crippen molar-refractivity contribution in [1.82, 2.24) is 40.4 Å². The van der Waals surface area contributed by atoms with Gasteiger partial charge in [0.25, 0.3) is 0 Å². The minimum atomic E-state index is -0.787. The summed E-state index contributed by atoms with van der Waals surface area (Å²) in [5.74, 6) is 1.97. The highest BCUT2D eigenvalue weighted by atomic mass is 16.5. The second kappa shape index (κ2) is 18.5. The van der Waals surface area contributed by atoms with Crippen molar-refractivity contribution in [3.05, 3.63) is 59.4 Å². The lowest BCUT2D eigenvalue weighted by atomic mass is 9.87. The molecule has 0 saturated carbocycles. The number of hydrogen-bond donors (Lipinski definition) is 4. The van der Waals surface area contributed by atoms with Gasteiger partial charge in [0.05, 0.1) is 75.4 Å². The van der Waals surface area contributed by atoms with E-state index >= 15 is 0 Å². The molecule has 4 amide bonds. The lowest BCUT2D eigenvalue weighted by Gasteiger charge is -2.34. The average molecular weight is 885 g/mol. The Morgan fingerprint density at radius 1 is 0.672 bits per heavy atom. The third-order valence-corrected chi connectivity index (χ3v) is 12.8. The number of nitrogens with one attached hydrogen (secondary N) is 4. The van der Waals surface area contributed by atoms with Gasteiger partial charge in [0.1, 0.15) is 48.4 Å². The maximum atomic E-state index is 14.1. The molecule has 18 nitrogen and oxygen atoms in total. The molecular weight excluding hydrogens is 825 g/mol. The Morgan fingerprint density at radius 2 is 1.08 bits per heavy atom. The molecule has 64 heavy (non-hydrogen) atoms. The highest BCUT2D eigenvalue weighted by Crippen LogP contribution is 2.51. The molecule has 6 heterocycles. The van der Waals surface area contributed by atoms with Crippen LogP contribution in [0.4, 0.5) is 9.59 Å². The summed E-state index contributed by atoms with van der Waals surface area (Å²) in [6.45, 7) is 8.88. The van der Waals surface area contributed by atoms with Crippen molar-refractivity contribution in [2.24, 2.45) is 11.8 Å². The summed E-state index contributed by atoms with van der Waals surface area (Å²) in [5.41, 5.74) is 7.19. The summed E-state index contributed by atoms with van der Waals surface area (Å²) < 4.78 is 33.6. The molecule has 0 bridgehead atoms. The smallest absolute Gasteiger partial charge is 0.407 e. The van der Waals surface area contributed by atoms with E-state index in [4.69, 9.17) is 38.4 Å². The van der Waals surface area contributed by atoms with Gasteiger partial charge in [-0.05, 0) is 61.8 Å². The van der Waals surface area contributed by atoms with Gasteiger partial charge in [0.2, 0.25) is 11.8 Å². The predicted octanol–water partition coefficient (Wildman–Crippen LogP) is 6.28. The van der Waals surface area contributed by atoms with Crippen LogP contribution in [0.1, 0.15) is 89.7 Å². The van der Waals surface area contributed by atoms with E-state index < -0.39 is 24.3 Å². The van der Waals surface area contributed by atoms with Crippen molar-refractivity contribution in [2.45, 2.75) is 103 Å². The number of carbonyl (C=O) groups is 4. The van der Waals surface area contributed by atoms with Crippen LogP contribution in [0.15, 0.2) is 36.7 Å². The third-order valence-electron chi connectivity index (χ3n) is 12.8. The summed E-state index contributed by atoms with van der Waals surface area (Å²) in [6.07, 6.45) is 5.01. The Morgan fingerprint density at radius 3 is 1.44 bits per heavy atom. The first kappa shape index (κ1) is 44.5. The highest BCUT2D eigenvalue weighted by molar-refractivity contribution is 5.89. The van der Waals surface area contributed by atoms with Gasteiger partial charge >= 0.3 is 12.2 Å². The summed E-state index contributed by atoms with van der Waals surface area (Å²) in [4.78, 5) is 72.9. The molecule has 4 aromatic rings. The summed E-state index contributed by atoms with van der Waals surface area (Å²) >= 11 is 0. The van der Waals surface area contributed by atoms with E-state index in [9.17, 15) is 19.2 Å². The summed E-state index contributed by atoms with van der Waals surface area (Å²) in [5, 5.41) is 5.45. The van der Waals surface area contributed by atoms with Crippen molar-refractivity contribution in [3.8, 4) is 45.1 Å². The fraction of sp³-hybridized carbons (Fsp3) is 0.522. The maximum absolute atomic E-state index is 14.1. The standard InChI is InChI=1S/C46H58N8O10.H2/c1-23(2)39(51-45(57)61-7)43(55)53-29(21-59-5)9-11-33(53)41-47-17-31(49-41)25-13-27-19-64-36-16-26(14-28-20-63-35(15-25)37(27)38(28)36)32-18-48-42(50-32)34-12-10-30(22-60-6)54(34)44(56)40(24(3)4)52-46(58)62-8;/h13-18,23-24,29-30,33-34,39-40H,9-12,19-22H2,1-8H3,(H,47,49)(H,48,50)(H,51,57)(H,52,58);1H/t29-,30-,33+,34+,39+,40+;/m1./s1. The molecule has 0 unspecified atom stereocenters. The van der Waals surface area contributed by atoms with Gasteiger partial charge in [0.15, 0.2) is 0 Å². The summed E-state index contributed by atoms with van der Waals surface area (Å²) in [6, 6.07) is 5.53. The predicted molar refractivity (Wildman–Crippen MR) is 235 cm³/mol. The van der Waals surface area contributed by atoms with Crippen LogP contribution in [0.2, 0.25) is 0 Å². The fourth-order valence-electron chi connectivity index (χ4n) is 9.70. The number of H-pyrrole nitrogens is 2. The quantitative estimate of drug-likeness (QED) is 0.110. The van der Waals surface area contributed by atoms with Gasteiger partial charge < -0.3 is 58.8 Å². The van der Waals surface area contributed by atoms with Crippen LogP contribution in [-0.2, 0) is 41.8 Å². The SMILES string of the molecule is COC[C@H]1CC[C@@H](c2ncc(-c3cc4c5c(c3)OCc3cc(-c6cnc([C@@H]7CC[C@H](COC)N7C(=O)[C@@H](NC(=O)OC)C(C)C)[nH]6)cc(c3-5)OC4)[nH]2)N1C(=O)[C@@H](NC(=O)OC)C(C)C.[HH]. The molecule has 0 spiro atoms. The number of rotatable bonds is 14. The zero-order chi connectivity index (χ0) is 45.4. The highest BCUT2D eigenvalue weighted by Gasteiger charge is 2.45. The molecule has 344 valence electrons. The number of likely N-dealkylation sites (tertiary alicyclic amines) is 2. The topological polar surface area (TPSA) is 212 Å². The van der Waals surface area contributed by atoms with E-state index in [2.05, 4.69) is 32.7 Å². The first-order chi connectivity index (χ1) is 30.8. The second-order valence-corrected chi connectivity index (χ2v) is 17.6. The molecule has 2 saturated heterocycles. The van der Waals surface area contributed by atoms with Gasteiger partial charge in [-0.3, -0.25) is 9.59 Å². The first-order valence-corrected chi connectivity index (χ1v) is 21.9. The van der Waals surface area contributed by atoms with Crippen LogP contribution in [0.5, 0.6) is 11.5 Å². The first-order valence-electron chi connectivity index (χ1n) is 21.9. The van der Waals surface area contributed by atoms with Crippen molar-refractivity contribution < 1.29 is 49.0 Å². The lowest BCUT2D eigenvalue weighted by Crippen LogP contribution is -2.53. The normalized spacial score (nSPS) is 20.7. The molecule has 2 fully saturated rings. The molecule has 18 heteroatoms. The van der Waals surface area contributed by atoms with E-state index in [0.717, 1.165) is 56.3 Å². The number of methoxy groups -OCH3 is 4. The zero-order valence-electron chi connectivity index (χ0n) is 37.6. The molecule has 0 aliphatic carbocycles. The number of nitrogens with zero attached hydrogens (tertiary/aromatic N) is 4. The van der Waals surface area contributed by atoms with E-state index in [1.165, 1.54) is 14.2 Å². The van der Waals surface area contributed by atoms with E-state index in [1.54, 1.807) is 36.4 Å². The van der Waals surface area contributed by atoms with Gasteiger partial charge in [0, 0.05) is 49.0 Å². The van der Waals surface area contributed by atoms with Crippen LogP contribution >= 0.6 is 0 Å². The number of ether oxygens (including phenoxy) is 6. The van der Waals surface area contributed by atoms with Gasteiger partial charge in [-0.15, -0.1) is 0 Å². The van der Waals surface area contributed by atoms with E-state index in [0.29, 0.717) is 63.8 Å². The Kier molecular flexibility index (Phi) is 12.9. The molecule has 4 aliphatic heterocycles. The van der Waals surface area contributed by atoms with Gasteiger partial charge in [-0.1, -0.05) is 27.7 Å². The zero-order valence-corrected chi connectivity index (χ0v) is 37.6. The van der Waals surface area contributed by atoms with E-state index in [1.807, 2.05) is 39.8 Å². The number of aromatic amines is 2. The number of amides is 4. The molecule has 4 aliphatic rings. The Bertz CT molecular complexity index is 2190. The second-order valence-electron chi connectivity index (χ2n) is 17.6. The van der Waals surface area contributed by atoms with Crippen LogP contribution in [0.3, 0.4) is 0 Å². The van der Waals surface area contributed by atoms with E-state index in [-0.39, 0.29) is 49.2 Å².